The summed E-state index contributed by atoms with van der Waals surface area (Å²) in [5, 5.41) is 2.35. The van der Waals surface area contributed by atoms with Crippen molar-refractivity contribution in [3.8, 4) is 12.8 Å². The third kappa shape index (κ3) is 20.1. The lowest BCUT2D eigenvalue weighted by molar-refractivity contribution is -0.118. The van der Waals surface area contributed by atoms with Gasteiger partial charge in [0.1, 0.15) is 1.37 Å². The first-order valence-electron chi connectivity index (χ1n) is 2.50. The van der Waals surface area contributed by atoms with E-state index in [1.807, 2.05) is 0 Å². The lowest BCUT2D eigenvalue weighted by Crippen LogP contribution is -2.26. The average molecular weight is 115 g/mol. The van der Waals surface area contributed by atoms with Gasteiger partial charge in [-0.25, -0.2) is 0 Å². The smallest absolute Gasteiger partial charge is 0.217 e. The van der Waals surface area contributed by atoms with Crippen molar-refractivity contribution >= 4 is 5.91 Å². The number of terminal acetylenes is 1. The minimum atomic E-state index is -0.0856. The van der Waals surface area contributed by atoms with Gasteiger partial charge >= 0.3 is 0 Å². The minimum Gasteiger partial charge on any atom is -0.344 e. The highest BCUT2D eigenvalue weighted by Gasteiger charge is 1.79. The Kier molecular flexibility index (Phi) is 8.19. The van der Waals surface area contributed by atoms with Crippen LogP contribution in [0.2, 0.25) is 0 Å². The van der Waals surface area contributed by atoms with E-state index >= 15 is 0 Å². The van der Waals surface area contributed by atoms with Crippen molar-refractivity contribution in [1.82, 2.24) is 5.32 Å². The van der Waals surface area contributed by atoms with Gasteiger partial charge in [-0.3, -0.25) is 4.79 Å². The highest BCUT2D eigenvalue weighted by atomic mass is 16.1. The van der Waals surface area contributed by atoms with E-state index < -0.39 is 0 Å². The number of nitrogens with two attached hydrogens (primary N) is 1. The summed E-state index contributed by atoms with van der Waals surface area (Å²) in [6, 6.07) is 0. The molecule has 0 saturated carbocycles. The van der Waals surface area contributed by atoms with Crippen LogP contribution in [0.15, 0.2) is 0 Å². The summed E-state index contributed by atoms with van der Waals surface area (Å²) in [5.41, 5.74) is 4.90. The molecule has 0 aliphatic carbocycles. The molecule has 3 heteroatoms. The van der Waals surface area contributed by atoms with E-state index in [0.717, 1.165) is 0 Å². The van der Waals surface area contributed by atoms with Crippen LogP contribution < -0.4 is 11.1 Å². The van der Waals surface area contributed by atoms with Crippen molar-refractivity contribution in [1.29, 1.82) is 0 Å². The molecule has 0 aliphatic rings. The molecular formula is C5H10N2O. The zero-order valence-electron chi connectivity index (χ0n) is 5.77. The number of carbonyl (C=O) groups is 1. The Morgan fingerprint density at radius 3 is 2.50 bits per heavy atom. The summed E-state index contributed by atoms with van der Waals surface area (Å²) in [5.74, 6) is -0.0856. The molecule has 0 atom stereocenters. The van der Waals surface area contributed by atoms with Crippen LogP contribution in [0.3, 0.4) is 0 Å². The molecule has 0 aromatic carbocycles. The Bertz CT molecular complexity index is 108. The molecular weight excluding hydrogens is 104 g/mol. The summed E-state index contributed by atoms with van der Waals surface area (Å²) in [7, 11) is 0. The van der Waals surface area contributed by atoms with Crippen molar-refractivity contribution in [2.45, 2.75) is 6.92 Å². The molecule has 0 bridgehead atoms. The fourth-order valence-electron chi connectivity index (χ4n) is 0.144. The molecule has 1 amide bonds. The molecule has 0 aromatic rings. The number of amides is 1. The third-order valence-electron chi connectivity index (χ3n) is 0.351. The van der Waals surface area contributed by atoms with Gasteiger partial charge in [0.2, 0.25) is 5.91 Å². The first kappa shape index (κ1) is 6.99. The number of rotatable bonds is 1. The molecule has 0 aliphatic heterocycles. The van der Waals surface area contributed by atoms with Crippen molar-refractivity contribution in [2.24, 2.45) is 5.73 Å². The highest BCUT2D eigenvalue weighted by molar-refractivity contribution is 5.72. The van der Waals surface area contributed by atoms with Gasteiger partial charge in [0.05, 0.1) is 6.67 Å². The molecule has 0 saturated heterocycles. The van der Waals surface area contributed by atoms with E-state index in [0.29, 0.717) is 0 Å². The Morgan fingerprint density at radius 2 is 2.50 bits per heavy atom. The number of nitrogens with one attached hydrogen (secondary N) is 1. The zero-order chi connectivity index (χ0) is 7.70. The molecule has 0 rings (SSSR count). The van der Waals surface area contributed by atoms with Crippen molar-refractivity contribution in [3.63, 3.8) is 0 Å². The monoisotopic (exact) mass is 115 g/mol. The van der Waals surface area contributed by atoms with Crippen LogP contribution in [-0.2, 0) is 4.79 Å². The molecule has 3 nitrogen and oxygen atoms in total. The molecule has 0 unspecified atom stereocenters. The summed E-state index contributed by atoms with van der Waals surface area (Å²) in [4.78, 5) is 9.85. The maximum Gasteiger partial charge on any atom is 0.217 e. The number of hydrogen-bond acceptors (Lipinski definition) is 2. The molecule has 0 fully saturated rings. The van der Waals surface area contributed by atoms with Crippen LogP contribution >= 0.6 is 0 Å². The number of carbonyl (C=O) groups excluding carboxylic acids is 1. The third-order valence-corrected chi connectivity index (χ3v) is 0.351. The fourth-order valence-corrected chi connectivity index (χ4v) is 0.144. The Labute approximate surface area is 50.7 Å². The molecule has 46 valence electrons. The topological polar surface area (TPSA) is 55.1 Å². The SMILES string of the molecule is CC(=O)NCN.[2H]C#C. The summed E-state index contributed by atoms with van der Waals surface area (Å²) < 4.78 is 5.74. The fraction of sp³-hybridized carbons (Fsp3) is 0.400. The second-order valence-corrected chi connectivity index (χ2v) is 0.937. The predicted molar refractivity (Wildman–Crippen MR) is 32.8 cm³/mol. The van der Waals surface area contributed by atoms with E-state index in [2.05, 4.69) is 11.7 Å². The Balaban J connectivity index is 0. The highest BCUT2D eigenvalue weighted by Crippen LogP contribution is 1.48. The van der Waals surface area contributed by atoms with Crippen LogP contribution in [0, 0.1) is 12.8 Å². The van der Waals surface area contributed by atoms with Crippen LogP contribution in [0.4, 0.5) is 0 Å². The van der Waals surface area contributed by atoms with Crippen LogP contribution in [0.25, 0.3) is 0 Å². The van der Waals surface area contributed by atoms with E-state index in [9.17, 15) is 4.79 Å². The first-order chi connectivity index (χ1) is 4.18. The standard InChI is InChI=1S/C3H8N2O.C2H2/c1-3(6)5-2-4;1-2/h2,4H2,1H3,(H,5,6);1-2H/i;1D. The average Bonchev–Trinajstić information content (AvgIpc) is 1.67. The van der Waals surface area contributed by atoms with Gasteiger partial charge in [-0.1, -0.05) is 0 Å². The van der Waals surface area contributed by atoms with Gasteiger partial charge in [-0.05, 0) is 0 Å². The van der Waals surface area contributed by atoms with Crippen LogP contribution in [0.5, 0.6) is 0 Å². The van der Waals surface area contributed by atoms with Crippen molar-refractivity contribution in [3.05, 3.63) is 0 Å². The van der Waals surface area contributed by atoms with Crippen molar-refractivity contribution < 1.29 is 6.17 Å². The molecule has 0 spiro atoms. The van der Waals surface area contributed by atoms with E-state index in [-0.39, 0.29) is 12.6 Å². The van der Waals surface area contributed by atoms with Gasteiger partial charge in [0.25, 0.3) is 0 Å². The quantitative estimate of drug-likeness (QED) is 0.350. The maximum atomic E-state index is 9.85. The first-order valence-corrected chi connectivity index (χ1v) is 2.00. The molecule has 8 heavy (non-hydrogen) atoms. The Hall–Kier alpha value is -1.01. The van der Waals surface area contributed by atoms with Crippen molar-refractivity contribution in [2.75, 3.05) is 6.67 Å². The largest absolute Gasteiger partial charge is 0.344 e. The minimum absolute atomic E-state index is 0.0856. The van der Waals surface area contributed by atoms with E-state index in [1.165, 1.54) is 13.3 Å². The van der Waals surface area contributed by atoms with Crippen LogP contribution in [0.1, 0.15) is 8.29 Å². The van der Waals surface area contributed by atoms with E-state index in [1.54, 1.807) is 0 Å². The predicted octanol–water partition coefficient (Wildman–Crippen LogP) is -0.712. The van der Waals surface area contributed by atoms with Gasteiger partial charge in [-0.15, -0.1) is 12.8 Å². The summed E-state index contributed by atoms with van der Waals surface area (Å²) in [6.07, 6.45) is 5.76. The second kappa shape index (κ2) is 9.37. The normalized spacial score (nSPS) is 6.88. The number of hydrogen-bond donors (Lipinski definition) is 2. The Morgan fingerprint density at radius 1 is 2.12 bits per heavy atom. The second-order valence-electron chi connectivity index (χ2n) is 0.937. The lowest BCUT2D eigenvalue weighted by Gasteiger charge is -1.89. The van der Waals surface area contributed by atoms with Gasteiger partial charge in [0.15, 0.2) is 0 Å². The van der Waals surface area contributed by atoms with Gasteiger partial charge < -0.3 is 11.1 Å². The molecule has 0 aromatic heterocycles. The van der Waals surface area contributed by atoms with Crippen LogP contribution in [-0.4, -0.2) is 12.6 Å². The maximum absolute atomic E-state index is 9.85. The lowest BCUT2D eigenvalue weighted by atomic mass is 10.7. The molecule has 3 N–H and O–H groups in total. The zero-order valence-corrected chi connectivity index (χ0v) is 4.77. The summed E-state index contributed by atoms with van der Waals surface area (Å²) >= 11 is 0. The van der Waals surface area contributed by atoms with Gasteiger partial charge in [-0.2, -0.15) is 0 Å². The molecule has 0 radical (unpaired) electrons. The van der Waals surface area contributed by atoms with E-state index in [4.69, 9.17) is 7.10 Å². The molecule has 0 heterocycles. The summed E-state index contributed by atoms with van der Waals surface area (Å²) in [6.45, 7) is 1.65. The van der Waals surface area contributed by atoms with Gasteiger partial charge in [0, 0.05) is 6.92 Å².